The lowest BCUT2D eigenvalue weighted by atomic mass is 9.91. The van der Waals surface area contributed by atoms with Gasteiger partial charge in [-0.1, -0.05) is 48.0 Å². The van der Waals surface area contributed by atoms with Crippen molar-refractivity contribution in [3.8, 4) is 0 Å². The van der Waals surface area contributed by atoms with Crippen molar-refractivity contribution in [2.75, 3.05) is 0 Å². The molecule has 2 aromatic carbocycles. The molecule has 1 aliphatic rings. The summed E-state index contributed by atoms with van der Waals surface area (Å²) in [7, 11) is 0. The van der Waals surface area contributed by atoms with Gasteiger partial charge in [0.15, 0.2) is 0 Å². The molecule has 0 aromatic heterocycles. The summed E-state index contributed by atoms with van der Waals surface area (Å²) < 4.78 is 40.8. The van der Waals surface area contributed by atoms with Crippen LogP contribution in [0.5, 0.6) is 0 Å². The number of hydrogen-bond donors (Lipinski definition) is 1. The van der Waals surface area contributed by atoms with Gasteiger partial charge < -0.3 is 5.11 Å². The summed E-state index contributed by atoms with van der Waals surface area (Å²) in [4.78, 5) is 0. The molecule has 22 heavy (non-hydrogen) atoms. The summed E-state index contributed by atoms with van der Waals surface area (Å²) in [6, 6.07) is 12.6. The smallest absolute Gasteiger partial charge is 0.381 e. The first kappa shape index (κ1) is 15.1. The lowest BCUT2D eigenvalue weighted by Gasteiger charge is -2.25. The van der Waals surface area contributed by atoms with E-state index in [0.29, 0.717) is 16.1 Å². The summed E-state index contributed by atoms with van der Waals surface area (Å²) in [5.41, 5.74) is -2.10. The molecule has 1 N–H and O–H groups in total. The van der Waals surface area contributed by atoms with Crippen LogP contribution in [-0.4, -0.2) is 11.3 Å². The van der Waals surface area contributed by atoms with E-state index in [4.69, 9.17) is 11.6 Å². The minimum atomic E-state index is -4.65. The van der Waals surface area contributed by atoms with Gasteiger partial charge in [0.05, 0.1) is 5.57 Å². The highest BCUT2D eigenvalue weighted by Crippen LogP contribution is 2.53. The lowest BCUT2D eigenvalue weighted by Crippen LogP contribution is -2.30. The first-order valence-electron chi connectivity index (χ1n) is 6.63. The van der Waals surface area contributed by atoms with Crippen LogP contribution in [0.25, 0.3) is 5.57 Å². The van der Waals surface area contributed by atoms with E-state index in [1.165, 1.54) is 19.1 Å². The monoisotopic (exact) mass is 324 g/mol. The normalized spacial score (nSPS) is 21.2. The van der Waals surface area contributed by atoms with E-state index in [-0.39, 0.29) is 11.1 Å². The Morgan fingerprint density at radius 3 is 2.36 bits per heavy atom. The average Bonchev–Trinajstić information content (AvgIpc) is 2.67. The Morgan fingerprint density at radius 2 is 1.73 bits per heavy atom. The van der Waals surface area contributed by atoms with Crippen molar-refractivity contribution < 1.29 is 18.3 Å². The molecule has 1 aliphatic carbocycles. The Bertz CT molecular complexity index is 775. The molecule has 2 aromatic rings. The average molecular weight is 325 g/mol. The van der Waals surface area contributed by atoms with Crippen LogP contribution in [0, 0.1) is 0 Å². The van der Waals surface area contributed by atoms with Crippen molar-refractivity contribution in [3.05, 3.63) is 75.8 Å². The van der Waals surface area contributed by atoms with Crippen LogP contribution in [0.1, 0.15) is 23.6 Å². The maximum atomic E-state index is 13.6. The number of hydrogen-bond acceptors (Lipinski definition) is 1. The van der Waals surface area contributed by atoms with Crippen molar-refractivity contribution in [3.63, 3.8) is 0 Å². The van der Waals surface area contributed by atoms with Crippen LogP contribution in [0.3, 0.4) is 0 Å². The number of rotatable bonds is 1. The van der Waals surface area contributed by atoms with Gasteiger partial charge in [0, 0.05) is 10.6 Å². The fourth-order valence-corrected chi connectivity index (χ4v) is 3.19. The molecule has 0 saturated heterocycles. The molecular weight excluding hydrogens is 313 g/mol. The second-order valence-corrected chi connectivity index (χ2v) is 5.81. The zero-order valence-electron chi connectivity index (χ0n) is 11.6. The largest absolute Gasteiger partial charge is 0.416 e. The number of fused-ring (bicyclic) bond motifs is 1. The fraction of sp³-hybridized carbons (Fsp3) is 0.176. The molecule has 3 rings (SSSR count). The van der Waals surface area contributed by atoms with Crippen LogP contribution in [0.2, 0.25) is 5.02 Å². The molecule has 0 bridgehead atoms. The van der Waals surface area contributed by atoms with Crippen molar-refractivity contribution >= 4 is 17.2 Å². The molecule has 0 aliphatic heterocycles. The number of aliphatic hydroxyl groups is 1. The van der Waals surface area contributed by atoms with Gasteiger partial charge in [-0.3, -0.25) is 0 Å². The third-order valence-electron chi connectivity index (χ3n) is 3.85. The van der Waals surface area contributed by atoms with Crippen molar-refractivity contribution in [2.24, 2.45) is 0 Å². The van der Waals surface area contributed by atoms with Crippen LogP contribution in [0.4, 0.5) is 13.2 Å². The van der Waals surface area contributed by atoms with E-state index >= 15 is 0 Å². The van der Waals surface area contributed by atoms with Crippen molar-refractivity contribution in [2.45, 2.75) is 18.7 Å². The van der Waals surface area contributed by atoms with E-state index < -0.39 is 17.4 Å². The predicted molar refractivity (Wildman–Crippen MR) is 79.5 cm³/mol. The van der Waals surface area contributed by atoms with Gasteiger partial charge in [0.25, 0.3) is 0 Å². The van der Waals surface area contributed by atoms with Gasteiger partial charge in [-0.2, -0.15) is 13.2 Å². The van der Waals surface area contributed by atoms with Crippen LogP contribution >= 0.6 is 11.6 Å². The molecule has 1 nitrogen and oxygen atoms in total. The molecule has 0 heterocycles. The third-order valence-corrected chi connectivity index (χ3v) is 4.09. The number of benzene rings is 2. The SMILES string of the molecule is CC1(O)C(C(F)(F)F)=C(c2cccc(Cl)c2)c2ccccc21. The highest BCUT2D eigenvalue weighted by Gasteiger charge is 2.52. The third kappa shape index (κ3) is 2.23. The Morgan fingerprint density at radius 1 is 1.05 bits per heavy atom. The fourth-order valence-electron chi connectivity index (χ4n) is 3.00. The molecule has 5 heteroatoms. The summed E-state index contributed by atoms with van der Waals surface area (Å²) in [6.45, 7) is 1.17. The van der Waals surface area contributed by atoms with Gasteiger partial charge in [-0.25, -0.2) is 0 Å². The van der Waals surface area contributed by atoms with Crippen LogP contribution in [0.15, 0.2) is 54.1 Å². The standard InChI is InChI=1S/C17H12ClF3O/c1-16(22)13-8-3-2-7-12(13)14(15(16)17(19,20)21)10-5-4-6-11(18)9-10/h2-9,22H,1H3. The Balaban J connectivity index is 2.39. The Hall–Kier alpha value is -1.78. The van der Waals surface area contributed by atoms with Crippen LogP contribution < -0.4 is 0 Å². The molecular formula is C17H12ClF3O. The second kappa shape index (κ2) is 4.86. The summed E-state index contributed by atoms with van der Waals surface area (Å²) in [6.07, 6.45) is -4.65. The topological polar surface area (TPSA) is 20.2 Å². The molecule has 0 fully saturated rings. The van der Waals surface area contributed by atoms with Gasteiger partial charge in [-0.05, 0) is 35.7 Å². The van der Waals surface area contributed by atoms with E-state index in [1.54, 1.807) is 36.4 Å². The van der Waals surface area contributed by atoms with E-state index in [2.05, 4.69) is 0 Å². The number of alkyl halides is 3. The summed E-state index contributed by atoms with van der Waals surface area (Å²) in [5, 5.41) is 10.9. The molecule has 1 atom stereocenters. The predicted octanol–water partition coefficient (Wildman–Crippen LogP) is 4.93. The van der Waals surface area contributed by atoms with Gasteiger partial charge in [-0.15, -0.1) is 0 Å². The van der Waals surface area contributed by atoms with E-state index in [0.717, 1.165) is 0 Å². The minimum absolute atomic E-state index is 0.0180. The number of halogens is 4. The lowest BCUT2D eigenvalue weighted by molar-refractivity contribution is -0.117. The molecule has 0 radical (unpaired) electrons. The summed E-state index contributed by atoms with van der Waals surface area (Å²) in [5.74, 6) is 0. The summed E-state index contributed by atoms with van der Waals surface area (Å²) >= 11 is 5.92. The first-order chi connectivity index (χ1) is 10.2. The van der Waals surface area contributed by atoms with E-state index in [9.17, 15) is 18.3 Å². The highest BCUT2D eigenvalue weighted by molar-refractivity contribution is 6.30. The van der Waals surface area contributed by atoms with Crippen molar-refractivity contribution in [1.82, 2.24) is 0 Å². The zero-order chi connectivity index (χ0) is 16.1. The zero-order valence-corrected chi connectivity index (χ0v) is 12.3. The van der Waals surface area contributed by atoms with E-state index in [1.807, 2.05) is 0 Å². The Labute approximate surface area is 130 Å². The molecule has 0 saturated carbocycles. The quantitative estimate of drug-likeness (QED) is 0.789. The van der Waals surface area contributed by atoms with Crippen molar-refractivity contribution in [1.29, 1.82) is 0 Å². The molecule has 0 spiro atoms. The molecule has 1 unspecified atom stereocenters. The maximum Gasteiger partial charge on any atom is 0.416 e. The molecule has 114 valence electrons. The Kier molecular flexibility index (Phi) is 3.34. The highest BCUT2D eigenvalue weighted by atomic mass is 35.5. The second-order valence-electron chi connectivity index (χ2n) is 5.38. The van der Waals surface area contributed by atoms with Gasteiger partial charge in [0.1, 0.15) is 5.60 Å². The first-order valence-corrected chi connectivity index (χ1v) is 7.01. The van der Waals surface area contributed by atoms with Crippen LogP contribution in [-0.2, 0) is 5.60 Å². The van der Waals surface area contributed by atoms with Gasteiger partial charge in [0.2, 0.25) is 0 Å². The minimum Gasteiger partial charge on any atom is -0.381 e. The molecule has 0 amide bonds. The maximum absolute atomic E-state index is 13.6. The van der Waals surface area contributed by atoms with Gasteiger partial charge >= 0.3 is 6.18 Å².